The van der Waals surface area contributed by atoms with E-state index in [2.05, 4.69) is 19.2 Å². The van der Waals surface area contributed by atoms with Crippen molar-refractivity contribution in [3.05, 3.63) is 0 Å². The van der Waals surface area contributed by atoms with Crippen LogP contribution in [-0.4, -0.2) is 46.7 Å². The van der Waals surface area contributed by atoms with Gasteiger partial charge in [0, 0.05) is 30.7 Å². The van der Waals surface area contributed by atoms with Gasteiger partial charge in [-0.15, -0.1) is 0 Å². The molecule has 0 aliphatic carbocycles. The van der Waals surface area contributed by atoms with Gasteiger partial charge in [0.15, 0.2) is 0 Å². The summed E-state index contributed by atoms with van der Waals surface area (Å²) in [5, 5.41) is 2.77. The molecular weight excluding hydrogens is 312 g/mol. The molecule has 0 aromatic rings. The van der Waals surface area contributed by atoms with Gasteiger partial charge in [-0.05, 0) is 39.4 Å². The van der Waals surface area contributed by atoms with Crippen LogP contribution in [0.15, 0.2) is 0 Å². The highest BCUT2D eigenvalue weighted by atomic mass is 32.2. The number of hydrogen-bond acceptors (Lipinski definition) is 4. The average Bonchev–Trinajstić information content (AvgIpc) is 2.82. The van der Waals surface area contributed by atoms with Crippen LogP contribution in [0.2, 0.25) is 0 Å². The van der Waals surface area contributed by atoms with Crippen LogP contribution in [0.1, 0.15) is 59.3 Å². The van der Waals surface area contributed by atoms with E-state index in [1.54, 1.807) is 11.8 Å². The van der Waals surface area contributed by atoms with Crippen molar-refractivity contribution >= 4 is 29.5 Å². The Bertz CT molecular complexity index is 436. The summed E-state index contributed by atoms with van der Waals surface area (Å²) in [6, 6.07) is 0. The average molecular weight is 343 g/mol. The highest BCUT2D eigenvalue weighted by Crippen LogP contribution is 2.40. The van der Waals surface area contributed by atoms with Crippen molar-refractivity contribution in [2.45, 2.75) is 64.0 Å². The Hall–Kier alpha value is -1.04. The first-order chi connectivity index (χ1) is 10.9. The molecule has 1 aliphatic heterocycles. The lowest BCUT2D eigenvalue weighted by Gasteiger charge is -2.31. The standard InChI is InChI=1S/C17H30N2O3S/c1-5-17(3,23-4)13-12-15(21)19(16(13)22)11-9-7-8-10-14(20)18-6-2/h13H,5-12H2,1-4H3,(H,18,20). The SMILES string of the molecule is CCNC(=O)CCCCCN1C(=O)CC(C(C)(CC)SC)C1=O. The smallest absolute Gasteiger partial charge is 0.234 e. The molecule has 0 radical (unpaired) electrons. The zero-order chi connectivity index (χ0) is 17.5. The normalized spacial score (nSPS) is 20.7. The fourth-order valence-electron chi connectivity index (χ4n) is 2.95. The Balaban J connectivity index is 2.42. The molecule has 0 bridgehead atoms. The van der Waals surface area contributed by atoms with Crippen LogP contribution >= 0.6 is 11.8 Å². The molecule has 3 amide bonds. The summed E-state index contributed by atoms with van der Waals surface area (Å²) in [5.41, 5.74) is 0. The van der Waals surface area contributed by atoms with E-state index in [-0.39, 0.29) is 28.4 Å². The van der Waals surface area contributed by atoms with Crippen LogP contribution in [0.5, 0.6) is 0 Å². The monoisotopic (exact) mass is 342 g/mol. The van der Waals surface area contributed by atoms with E-state index in [4.69, 9.17) is 0 Å². The molecule has 2 atom stereocenters. The number of thioether (sulfide) groups is 1. The zero-order valence-electron chi connectivity index (χ0n) is 14.8. The quantitative estimate of drug-likeness (QED) is 0.489. The maximum atomic E-state index is 12.6. The number of nitrogens with zero attached hydrogens (tertiary/aromatic N) is 1. The predicted octanol–water partition coefficient (Wildman–Crippen LogP) is 2.59. The fourth-order valence-corrected chi connectivity index (χ4v) is 3.70. The molecule has 1 saturated heterocycles. The number of carbonyl (C=O) groups is 3. The summed E-state index contributed by atoms with van der Waals surface area (Å²) in [6.07, 6.45) is 6.15. The largest absolute Gasteiger partial charge is 0.356 e. The molecule has 0 spiro atoms. The van der Waals surface area contributed by atoms with E-state index in [0.29, 0.717) is 25.9 Å². The molecule has 1 aliphatic rings. The molecule has 1 N–H and O–H groups in total. The van der Waals surface area contributed by atoms with Crippen molar-refractivity contribution in [1.82, 2.24) is 10.2 Å². The molecule has 0 saturated carbocycles. The summed E-state index contributed by atoms with van der Waals surface area (Å²) < 4.78 is -0.167. The van der Waals surface area contributed by atoms with E-state index in [9.17, 15) is 14.4 Å². The highest BCUT2D eigenvalue weighted by Gasteiger charge is 2.47. The second-order valence-corrected chi connectivity index (χ2v) is 7.62. The minimum atomic E-state index is -0.203. The van der Waals surface area contributed by atoms with Crippen LogP contribution in [0.3, 0.4) is 0 Å². The molecule has 132 valence electrons. The third-order valence-electron chi connectivity index (χ3n) is 4.81. The van der Waals surface area contributed by atoms with Crippen molar-refractivity contribution in [1.29, 1.82) is 0 Å². The fraction of sp³-hybridized carbons (Fsp3) is 0.824. The van der Waals surface area contributed by atoms with Crippen molar-refractivity contribution in [3.8, 4) is 0 Å². The third kappa shape index (κ3) is 5.23. The van der Waals surface area contributed by atoms with Gasteiger partial charge in [0.1, 0.15) is 0 Å². The molecular formula is C17H30N2O3S. The van der Waals surface area contributed by atoms with E-state index in [0.717, 1.165) is 25.7 Å². The molecule has 2 unspecified atom stereocenters. The van der Waals surface area contributed by atoms with Gasteiger partial charge < -0.3 is 5.32 Å². The first-order valence-electron chi connectivity index (χ1n) is 8.55. The molecule has 0 aromatic heterocycles. The molecule has 1 rings (SSSR count). The van der Waals surface area contributed by atoms with Crippen LogP contribution in [0.4, 0.5) is 0 Å². The number of likely N-dealkylation sites (tertiary alicyclic amines) is 1. The molecule has 23 heavy (non-hydrogen) atoms. The Morgan fingerprint density at radius 3 is 2.57 bits per heavy atom. The number of imide groups is 1. The molecule has 1 fully saturated rings. The number of rotatable bonds is 10. The molecule has 0 aromatic carbocycles. The molecule has 1 heterocycles. The van der Waals surface area contributed by atoms with Gasteiger partial charge in [-0.1, -0.05) is 13.3 Å². The lowest BCUT2D eigenvalue weighted by atomic mass is 9.89. The summed E-state index contributed by atoms with van der Waals surface area (Å²) in [6.45, 7) is 7.18. The van der Waals surface area contributed by atoms with Gasteiger partial charge in [0.2, 0.25) is 17.7 Å². The third-order valence-corrected chi connectivity index (χ3v) is 6.31. The number of nitrogens with one attached hydrogen (secondary N) is 1. The Morgan fingerprint density at radius 1 is 1.30 bits per heavy atom. The van der Waals surface area contributed by atoms with Crippen molar-refractivity contribution in [3.63, 3.8) is 0 Å². The minimum Gasteiger partial charge on any atom is -0.356 e. The number of hydrogen-bond donors (Lipinski definition) is 1. The van der Waals surface area contributed by atoms with Gasteiger partial charge in [-0.3, -0.25) is 19.3 Å². The topological polar surface area (TPSA) is 66.5 Å². The van der Waals surface area contributed by atoms with Crippen molar-refractivity contribution < 1.29 is 14.4 Å². The Labute approximate surface area is 143 Å². The van der Waals surface area contributed by atoms with E-state index in [1.165, 1.54) is 4.90 Å². The Kier molecular flexibility index (Phi) is 8.09. The van der Waals surface area contributed by atoms with E-state index >= 15 is 0 Å². The maximum absolute atomic E-state index is 12.6. The first kappa shape index (κ1) is 20.0. The van der Waals surface area contributed by atoms with Crippen LogP contribution in [0.25, 0.3) is 0 Å². The van der Waals surface area contributed by atoms with Gasteiger partial charge >= 0.3 is 0 Å². The van der Waals surface area contributed by atoms with Crippen molar-refractivity contribution in [2.75, 3.05) is 19.3 Å². The highest BCUT2D eigenvalue weighted by molar-refractivity contribution is 8.00. The van der Waals surface area contributed by atoms with Gasteiger partial charge in [-0.25, -0.2) is 0 Å². The lowest BCUT2D eigenvalue weighted by molar-refractivity contribution is -0.139. The van der Waals surface area contributed by atoms with Gasteiger partial charge in [-0.2, -0.15) is 11.8 Å². The van der Waals surface area contributed by atoms with Crippen LogP contribution in [0, 0.1) is 5.92 Å². The Morgan fingerprint density at radius 2 is 2.00 bits per heavy atom. The van der Waals surface area contributed by atoms with Gasteiger partial charge in [0.05, 0.1) is 5.92 Å². The number of amides is 3. The second kappa shape index (κ2) is 9.30. The maximum Gasteiger partial charge on any atom is 0.234 e. The van der Waals surface area contributed by atoms with Gasteiger partial charge in [0.25, 0.3) is 0 Å². The number of unbranched alkanes of at least 4 members (excludes halogenated alkanes) is 2. The summed E-state index contributed by atoms with van der Waals surface area (Å²) in [4.78, 5) is 37.5. The van der Waals surface area contributed by atoms with Crippen LogP contribution < -0.4 is 5.32 Å². The predicted molar refractivity (Wildman–Crippen MR) is 94.2 cm³/mol. The zero-order valence-corrected chi connectivity index (χ0v) is 15.6. The first-order valence-corrected chi connectivity index (χ1v) is 9.78. The summed E-state index contributed by atoms with van der Waals surface area (Å²) in [5.74, 6) is -0.195. The van der Waals surface area contributed by atoms with Crippen molar-refractivity contribution in [2.24, 2.45) is 5.92 Å². The summed E-state index contributed by atoms with van der Waals surface area (Å²) >= 11 is 1.67. The number of carbonyl (C=O) groups excluding carboxylic acids is 3. The molecule has 6 heteroatoms. The lowest BCUT2D eigenvalue weighted by Crippen LogP contribution is -2.38. The van der Waals surface area contributed by atoms with E-state index in [1.807, 2.05) is 13.2 Å². The summed E-state index contributed by atoms with van der Waals surface area (Å²) in [7, 11) is 0. The van der Waals surface area contributed by atoms with E-state index < -0.39 is 0 Å². The second-order valence-electron chi connectivity index (χ2n) is 6.27. The minimum absolute atomic E-state index is 0.0163. The molecule has 5 nitrogen and oxygen atoms in total. The van der Waals surface area contributed by atoms with Crippen LogP contribution in [-0.2, 0) is 14.4 Å².